The molecule has 0 saturated carbocycles. The normalized spacial score (nSPS) is 10.0. The molecule has 0 spiro atoms. The van der Waals surface area contributed by atoms with Gasteiger partial charge in [-0.3, -0.25) is 10.1 Å². The van der Waals surface area contributed by atoms with Gasteiger partial charge in [0.05, 0.1) is 6.61 Å². The van der Waals surface area contributed by atoms with Crippen LogP contribution in [0.25, 0.3) is 0 Å². The van der Waals surface area contributed by atoms with E-state index in [9.17, 15) is 9.59 Å². The van der Waals surface area contributed by atoms with Crippen LogP contribution >= 0.6 is 11.3 Å². The summed E-state index contributed by atoms with van der Waals surface area (Å²) < 4.78 is 9.40. The second-order valence-corrected chi connectivity index (χ2v) is 3.96. The number of hydrogen-bond donors (Lipinski definition) is 2. The predicted molar refractivity (Wildman–Crippen MR) is 63.0 cm³/mol. The molecule has 0 atom stereocenters. The summed E-state index contributed by atoms with van der Waals surface area (Å²) in [5.74, 6) is -0.967. The summed E-state index contributed by atoms with van der Waals surface area (Å²) >= 11 is 1.00. The first-order valence-corrected chi connectivity index (χ1v) is 5.62. The van der Waals surface area contributed by atoms with Gasteiger partial charge >= 0.3 is 5.97 Å². The largest absolute Gasteiger partial charge is 0.461 e. The number of esters is 1. The van der Waals surface area contributed by atoms with Gasteiger partial charge in [-0.05, 0) is 6.92 Å². The van der Waals surface area contributed by atoms with Crippen molar-refractivity contribution in [2.45, 2.75) is 6.92 Å². The van der Waals surface area contributed by atoms with Crippen LogP contribution in [0.5, 0.6) is 0 Å². The summed E-state index contributed by atoms with van der Waals surface area (Å²) in [5.41, 5.74) is 5.61. The molecule has 1 amide bonds. The van der Waals surface area contributed by atoms with E-state index in [2.05, 4.69) is 15.0 Å². The maximum absolute atomic E-state index is 11.4. The number of carbonyl (C=O) groups is 2. The molecule has 1 rings (SSSR count). The fourth-order valence-electron chi connectivity index (χ4n) is 1.02. The van der Waals surface area contributed by atoms with Gasteiger partial charge in [0.25, 0.3) is 5.91 Å². The van der Waals surface area contributed by atoms with Crippen molar-refractivity contribution in [3.63, 3.8) is 0 Å². The number of amides is 1. The predicted octanol–water partition coefficient (Wildman–Crippen LogP) is 0.487. The fourth-order valence-corrected chi connectivity index (χ4v) is 1.75. The fraction of sp³-hybridized carbons (Fsp3) is 0.444. The number of nitrogen functional groups attached to an aromatic ring is 1. The van der Waals surface area contributed by atoms with Crippen LogP contribution in [0.3, 0.4) is 0 Å². The van der Waals surface area contributed by atoms with E-state index in [1.807, 2.05) is 0 Å². The molecular formula is C9H13N3O4S. The number of aromatic nitrogens is 1. The van der Waals surface area contributed by atoms with Crippen molar-refractivity contribution in [2.75, 3.05) is 31.4 Å². The molecular weight excluding hydrogens is 246 g/mol. The molecule has 1 aromatic heterocycles. The lowest BCUT2D eigenvalue weighted by molar-refractivity contribution is -0.119. The van der Waals surface area contributed by atoms with Crippen LogP contribution in [0.15, 0.2) is 0 Å². The SMILES string of the molecule is CCOC(=O)c1nc(NC(=O)COC)sc1N. The number of nitrogens with one attached hydrogen (secondary N) is 1. The number of nitrogens with two attached hydrogens (primary N) is 1. The third kappa shape index (κ3) is 3.68. The maximum Gasteiger partial charge on any atom is 0.360 e. The van der Waals surface area contributed by atoms with Crippen LogP contribution in [-0.2, 0) is 14.3 Å². The average molecular weight is 259 g/mol. The van der Waals surface area contributed by atoms with Gasteiger partial charge in [0.15, 0.2) is 10.8 Å². The van der Waals surface area contributed by atoms with Gasteiger partial charge in [-0.1, -0.05) is 11.3 Å². The van der Waals surface area contributed by atoms with Crippen molar-refractivity contribution < 1.29 is 19.1 Å². The van der Waals surface area contributed by atoms with Crippen LogP contribution in [0.2, 0.25) is 0 Å². The lowest BCUT2D eigenvalue weighted by atomic mass is 10.5. The highest BCUT2D eigenvalue weighted by Gasteiger charge is 2.18. The van der Waals surface area contributed by atoms with Crippen molar-refractivity contribution in [1.82, 2.24) is 4.98 Å². The highest BCUT2D eigenvalue weighted by Crippen LogP contribution is 2.25. The molecule has 0 unspecified atom stereocenters. The minimum Gasteiger partial charge on any atom is -0.461 e. The zero-order valence-electron chi connectivity index (χ0n) is 9.48. The van der Waals surface area contributed by atoms with E-state index in [4.69, 9.17) is 10.5 Å². The lowest BCUT2D eigenvalue weighted by Gasteiger charge is -1.99. The molecule has 0 aliphatic rings. The smallest absolute Gasteiger partial charge is 0.360 e. The first-order valence-electron chi connectivity index (χ1n) is 4.80. The molecule has 0 aliphatic heterocycles. The zero-order valence-corrected chi connectivity index (χ0v) is 10.3. The first-order chi connectivity index (χ1) is 8.08. The summed E-state index contributed by atoms with van der Waals surface area (Å²) in [6.45, 7) is 1.83. The number of nitrogens with zero attached hydrogens (tertiary/aromatic N) is 1. The number of anilines is 2. The quantitative estimate of drug-likeness (QED) is 0.746. The van der Waals surface area contributed by atoms with E-state index >= 15 is 0 Å². The Bertz CT molecular complexity index is 418. The molecule has 0 saturated heterocycles. The van der Waals surface area contributed by atoms with Crippen LogP contribution in [-0.4, -0.2) is 37.2 Å². The van der Waals surface area contributed by atoms with Crippen LogP contribution < -0.4 is 11.1 Å². The Morgan fingerprint density at radius 3 is 2.82 bits per heavy atom. The van der Waals surface area contributed by atoms with E-state index in [0.717, 1.165) is 11.3 Å². The van der Waals surface area contributed by atoms with Crippen LogP contribution in [0.1, 0.15) is 17.4 Å². The van der Waals surface area contributed by atoms with Crippen molar-refractivity contribution in [3.8, 4) is 0 Å². The number of rotatable bonds is 5. The Morgan fingerprint density at radius 2 is 2.24 bits per heavy atom. The topological polar surface area (TPSA) is 104 Å². The van der Waals surface area contributed by atoms with Crippen LogP contribution in [0, 0.1) is 0 Å². The molecule has 0 radical (unpaired) electrons. The molecule has 94 valence electrons. The van der Waals surface area contributed by atoms with Gasteiger partial charge < -0.3 is 15.2 Å². The van der Waals surface area contributed by atoms with Gasteiger partial charge in [0.1, 0.15) is 11.6 Å². The zero-order chi connectivity index (χ0) is 12.8. The van der Waals surface area contributed by atoms with Gasteiger partial charge in [-0.25, -0.2) is 9.78 Å². The molecule has 8 heteroatoms. The van der Waals surface area contributed by atoms with Crippen LogP contribution in [0.4, 0.5) is 10.1 Å². The molecule has 0 fully saturated rings. The molecule has 0 aromatic carbocycles. The second-order valence-electron chi connectivity index (χ2n) is 2.93. The highest BCUT2D eigenvalue weighted by molar-refractivity contribution is 7.19. The van der Waals surface area contributed by atoms with Gasteiger partial charge in [0.2, 0.25) is 0 Å². The Balaban J connectivity index is 2.74. The Hall–Kier alpha value is -1.67. The van der Waals surface area contributed by atoms with E-state index < -0.39 is 5.97 Å². The number of carbonyl (C=O) groups excluding carboxylic acids is 2. The molecule has 0 aliphatic carbocycles. The third-order valence-electron chi connectivity index (χ3n) is 1.64. The molecule has 0 bridgehead atoms. The standard InChI is InChI=1S/C9H13N3O4S/c1-3-16-8(14)6-7(10)17-9(12-6)11-5(13)4-15-2/h3-4,10H2,1-2H3,(H,11,12,13). The Kier molecular flexibility index (Phi) is 4.85. The summed E-state index contributed by atoms with van der Waals surface area (Å²) in [6, 6.07) is 0. The monoisotopic (exact) mass is 259 g/mol. The van der Waals surface area contributed by atoms with Gasteiger partial charge in [-0.15, -0.1) is 0 Å². The molecule has 7 nitrogen and oxygen atoms in total. The van der Waals surface area contributed by atoms with Crippen molar-refractivity contribution in [1.29, 1.82) is 0 Å². The van der Waals surface area contributed by atoms with E-state index in [0.29, 0.717) is 0 Å². The van der Waals surface area contributed by atoms with E-state index in [1.165, 1.54) is 7.11 Å². The molecule has 17 heavy (non-hydrogen) atoms. The number of ether oxygens (including phenoxy) is 2. The maximum atomic E-state index is 11.4. The molecule has 1 heterocycles. The third-order valence-corrected chi connectivity index (χ3v) is 2.44. The van der Waals surface area contributed by atoms with Crippen molar-refractivity contribution in [3.05, 3.63) is 5.69 Å². The Labute approximate surface area is 102 Å². The second kappa shape index (κ2) is 6.16. The van der Waals surface area contributed by atoms with Crippen molar-refractivity contribution >= 4 is 33.3 Å². The molecule has 1 aromatic rings. The summed E-state index contributed by atoms with van der Waals surface area (Å²) in [6.07, 6.45) is 0. The highest BCUT2D eigenvalue weighted by atomic mass is 32.1. The van der Waals surface area contributed by atoms with E-state index in [-0.39, 0.29) is 34.9 Å². The van der Waals surface area contributed by atoms with Crippen molar-refractivity contribution in [2.24, 2.45) is 0 Å². The minimum absolute atomic E-state index is 0.0181. The summed E-state index contributed by atoms with van der Waals surface area (Å²) in [5, 5.41) is 2.90. The molecule has 3 N–H and O–H groups in total. The van der Waals surface area contributed by atoms with Gasteiger partial charge in [-0.2, -0.15) is 0 Å². The summed E-state index contributed by atoms with van der Waals surface area (Å²) in [7, 11) is 1.40. The minimum atomic E-state index is -0.603. The number of hydrogen-bond acceptors (Lipinski definition) is 7. The Morgan fingerprint density at radius 1 is 1.53 bits per heavy atom. The first kappa shape index (κ1) is 13.4. The van der Waals surface area contributed by atoms with E-state index in [1.54, 1.807) is 6.92 Å². The lowest BCUT2D eigenvalue weighted by Crippen LogP contribution is -2.17. The summed E-state index contributed by atoms with van der Waals surface area (Å²) in [4.78, 5) is 26.5. The van der Waals surface area contributed by atoms with Gasteiger partial charge in [0, 0.05) is 7.11 Å². The number of thiazole rings is 1. The average Bonchev–Trinajstić information content (AvgIpc) is 2.60. The number of methoxy groups -OCH3 is 1.